The Morgan fingerprint density at radius 1 is 1.62 bits per heavy atom. The summed E-state index contributed by atoms with van der Waals surface area (Å²) in [6.07, 6.45) is 4.28. The molecule has 0 aliphatic heterocycles. The van der Waals surface area contributed by atoms with Gasteiger partial charge in [0, 0.05) is 25.5 Å². The zero-order valence-corrected chi connectivity index (χ0v) is 9.94. The molecule has 1 aromatic rings. The second-order valence-corrected chi connectivity index (χ2v) is 3.93. The van der Waals surface area contributed by atoms with Crippen LogP contribution in [0.15, 0.2) is 17.2 Å². The largest absolute Gasteiger partial charge is 0.365 e. The molecule has 1 unspecified atom stereocenters. The standard InChI is InChI=1S/C11H20N4O/c1-3-15-7-6-13-10(11(15)16)14-8-9(2)4-5-12/h6-7,9H,3-5,8,12H2,1-2H3,(H,13,14). The van der Waals surface area contributed by atoms with Crippen molar-refractivity contribution in [3.8, 4) is 0 Å². The maximum Gasteiger partial charge on any atom is 0.293 e. The molecule has 3 N–H and O–H groups in total. The van der Waals surface area contributed by atoms with E-state index in [0.29, 0.717) is 24.8 Å². The zero-order valence-electron chi connectivity index (χ0n) is 9.94. The highest BCUT2D eigenvalue weighted by Gasteiger charge is 2.05. The maximum absolute atomic E-state index is 11.8. The van der Waals surface area contributed by atoms with Crippen molar-refractivity contribution >= 4 is 5.82 Å². The van der Waals surface area contributed by atoms with Gasteiger partial charge in [0.2, 0.25) is 0 Å². The molecular weight excluding hydrogens is 204 g/mol. The van der Waals surface area contributed by atoms with Gasteiger partial charge in [0.1, 0.15) is 0 Å². The summed E-state index contributed by atoms with van der Waals surface area (Å²) in [4.78, 5) is 15.8. The number of nitrogens with two attached hydrogens (primary N) is 1. The summed E-state index contributed by atoms with van der Waals surface area (Å²) in [6.45, 7) is 6.09. The van der Waals surface area contributed by atoms with E-state index in [-0.39, 0.29) is 5.56 Å². The number of anilines is 1. The van der Waals surface area contributed by atoms with E-state index in [4.69, 9.17) is 5.73 Å². The van der Waals surface area contributed by atoms with Gasteiger partial charge in [-0.2, -0.15) is 0 Å². The lowest BCUT2D eigenvalue weighted by atomic mass is 10.1. The van der Waals surface area contributed by atoms with Crippen LogP contribution in [0, 0.1) is 5.92 Å². The maximum atomic E-state index is 11.8. The Balaban J connectivity index is 2.64. The predicted octanol–water partition coefficient (Wildman–Crippen LogP) is 0.660. The molecule has 0 spiro atoms. The highest BCUT2D eigenvalue weighted by molar-refractivity contribution is 5.30. The van der Waals surface area contributed by atoms with Crippen LogP contribution in [0.2, 0.25) is 0 Å². The molecule has 0 radical (unpaired) electrons. The first kappa shape index (κ1) is 12.7. The van der Waals surface area contributed by atoms with Crippen LogP contribution >= 0.6 is 0 Å². The van der Waals surface area contributed by atoms with E-state index in [1.165, 1.54) is 0 Å². The Hall–Kier alpha value is -1.36. The van der Waals surface area contributed by atoms with Crippen LogP contribution in [0.5, 0.6) is 0 Å². The topological polar surface area (TPSA) is 72.9 Å². The lowest BCUT2D eigenvalue weighted by molar-refractivity contribution is 0.566. The summed E-state index contributed by atoms with van der Waals surface area (Å²) >= 11 is 0. The minimum atomic E-state index is -0.0649. The van der Waals surface area contributed by atoms with E-state index in [1.54, 1.807) is 17.0 Å². The van der Waals surface area contributed by atoms with Gasteiger partial charge < -0.3 is 15.6 Å². The van der Waals surface area contributed by atoms with Crippen molar-refractivity contribution in [1.29, 1.82) is 0 Å². The minimum absolute atomic E-state index is 0.0649. The first-order valence-corrected chi connectivity index (χ1v) is 5.68. The Labute approximate surface area is 95.7 Å². The van der Waals surface area contributed by atoms with Gasteiger partial charge in [-0.25, -0.2) is 4.98 Å². The van der Waals surface area contributed by atoms with Crippen molar-refractivity contribution in [1.82, 2.24) is 9.55 Å². The van der Waals surface area contributed by atoms with Gasteiger partial charge in [-0.05, 0) is 25.8 Å². The van der Waals surface area contributed by atoms with Crippen molar-refractivity contribution in [3.63, 3.8) is 0 Å². The molecule has 0 fully saturated rings. The van der Waals surface area contributed by atoms with Crippen molar-refractivity contribution in [2.45, 2.75) is 26.8 Å². The average molecular weight is 224 g/mol. The van der Waals surface area contributed by atoms with Crippen molar-refractivity contribution in [2.75, 3.05) is 18.4 Å². The van der Waals surface area contributed by atoms with E-state index in [9.17, 15) is 4.79 Å². The van der Waals surface area contributed by atoms with Crippen LogP contribution in [0.3, 0.4) is 0 Å². The van der Waals surface area contributed by atoms with Gasteiger partial charge in [-0.15, -0.1) is 0 Å². The number of aryl methyl sites for hydroxylation is 1. The molecule has 16 heavy (non-hydrogen) atoms. The molecule has 0 saturated heterocycles. The lowest BCUT2D eigenvalue weighted by Crippen LogP contribution is -2.26. The third-order valence-electron chi connectivity index (χ3n) is 2.53. The summed E-state index contributed by atoms with van der Waals surface area (Å²) in [5.74, 6) is 0.870. The lowest BCUT2D eigenvalue weighted by Gasteiger charge is -2.12. The monoisotopic (exact) mass is 224 g/mol. The first-order valence-electron chi connectivity index (χ1n) is 5.68. The molecule has 5 nitrogen and oxygen atoms in total. The molecule has 0 aliphatic rings. The van der Waals surface area contributed by atoms with E-state index >= 15 is 0 Å². The van der Waals surface area contributed by atoms with Crippen molar-refractivity contribution in [2.24, 2.45) is 11.7 Å². The van der Waals surface area contributed by atoms with Gasteiger partial charge >= 0.3 is 0 Å². The second kappa shape index (κ2) is 6.27. The molecule has 1 atom stereocenters. The van der Waals surface area contributed by atoms with Gasteiger partial charge in [0.05, 0.1) is 0 Å². The number of nitrogens with zero attached hydrogens (tertiary/aromatic N) is 2. The van der Waals surface area contributed by atoms with Crippen LogP contribution in [0.4, 0.5) is 5.82 Å². The molecule has 0 aromatic carbocycles. The molecule has 90 valence electrons. The van der Waals surface area contributed by atoms with Crippen LogP contribution in [-0.2, 0) is 6.54 Å². The molecule has 0 aliphatic carbocycles. The fraction of sp³-hybridized carbons (Fsp3) is 0.636. The number of hydrogen-bond acceptors (Lipinski definition) is 4. The minimum Gasteiger partial charge on any atom is -0.365 e. The third-order valence-corrected chi connectivity index (χ3v) is 2.53. The number of aromatic nitrogens is 2. The van der Waals surface area contributed by atoms with Crippen molar-refractivity contribution in [3.05, 3.63) is 22.7 Å². The normalized spacial score (nSPS) is 12.4. The quantitative estimate of drug-likeness (QED) is 0.744. The first-order chi connectivity index (χ1) is 7.69. The fourth-order valence-electron chi connectivity index (χ4n) is 1.48. The molecule has 1 heterocycles. The van der Waals surface area contributed by atoms with Gasteiger partial charge in [0.15, 0.2) is 5.82 Å². The molecular formula is C11H20N4O. The van der Waals surface area contributed by atoms with E-state index in [0.717, 1.165) is 13.0 Å². The molecule has 1 aromatic heterocycles. The third kappa shape index (κ3) is 3.34. The second-order valence-electron chi connectivity index (χ2n) is 3.93. The van der Waals surface area contributed by atoms with Crippen LogP contribution in [0.25, 0.3) is 0 Å². The fourth-order valence-corrected chi connectivity index (χ4v) is 1.48. The van der Waals surface area contributed by atoms with E-state index in [1.807, 2.05) is 6.92 Å². The highest BCUT2D eigenvalue weighted by atomic mass is 16.1. The zero-order chi connectivity index (χ0) is 12.0. The smallest absolute Gasteiger partial charge is 0.293 e. The molecule has 1 rings (SSSR count). The Morgan fingerprint density at radius 3 is 3.00 bits per heavy atom. The summed E-state index contributed by atoms with van der Waals surface area (Å²) < 4.78 is 1.63. The average Bonchev–Trinajstić information content (AvgIpc) is 2.28. The van der Waals surface area contributed by atoms with Gasteiger partial charge in [-0.3, -0.25) is 4.79 Å². The summed E-state index contributed by atoms with van der Waals surface area (Å²) in [6, 6.07) is 0. The SMILES string of the molecule is CCn1ccnc(NCC(C)CCN)c1=O. The Bertz CT molecular complexity index is 374. The highest BCUT2D eigenvalue weighted by Crippen LogP contribution is 2.01. The predicted molar refractivity (Wildman–Crippen MR) is 65.5 cm³/mol. The number of rotatable bonds is 6. The van der Waals surface area contributed by atoms with Crippen LogP contribution < -0.4 is 16.6 Å². The van der Waals surface area contributed by atoms with Crippen LogP contribution in [-0.4, -0.2) is 22.6 Å². The summed E-state index contributed by atoms with van der Waals surface area (Å²) in [7, 11) is 0. The van der Waals surface area contributed by atoms with Crippen LogP contribution in [0.1, 0.15) is 20.3 Å². The summed E-state index contributed by atoms with van der Waals surface area (Å²) in [5, 5.41) is 3.07. The Kier molecular flexibility index (Phi) is 4.98. The molecule has 0 bridgehead atoms. The number of nitrogens with one attached hydrogen (secondary N) is 1. The van der Waals surface area contributed by atoms with E-state index < -0.39 is 0 Å². The van der Waals surface area contributed by atoms with Gasteiger partial charge in [-0.1, -0.05) is 6.92 Å². The van der Waals surface area contributed by atoms with Gasteiger partial charge in [0.25, 0.3) is 5.56 Å². The molecule has 5 heteroatoms. The van der Waals surface area contributed by atoms with Crippen molar-refractivity contribution < 1.29 is 0 Å². The Morgan fingerprint density at radius 2 is 2.38 bits per heavy atom. The van der Waals surface area contributed by atoms with E-state index in [2.05, 4.69) is 17.2 Å². The molecule has 0 amide bonds. The molecule has 0 saturated carbocycles. The number of hydrogen-bond donors (Lipinski definition) is 2. The summed E-state index contributed by atoms with van der Waals surface area (Å²) in [5.41, 5.74) is 5.40.